The van der Waals surface area contributed by atoms with Gasteiger partial charge in [-0.3, -0.25) is 119 Å². The SMILES string of the molecule is COc1cncc(-c2cc3c(c([N+](=O)[O-])c2)NC(=O)CC3)c1.O=C1CCc2cc(-c3cncc(-c4cccc(F)c4)c3)cc([N+](=O)[O-])c2N1.O=C1CCc2cc(-c3cncc(C(F)(F)F)c3)cc([N+](=O)[O-])c2N1.O=C1CCc2cc(-c3cncc(F)c3)cc([N+](=O)[O-])c2N1.O=C1CCc2cc(-c3cncc(O)c3)cc([N+](=O)[O-])c2N1.O=C1CCc2cc(-c3cncc4ccccc34)cc([N+](=O)[O-])c2N1. The molecule has 0 radical (unpaired) electrons. The first-order valence-electron chi connectivity index (χ1n) is 42.1. The summed E-state index contributed by atoms with van der Waals surface area (Å²) in [7, 11) is 1.53. The minimum absolute atomic E-state index is 0.0128. The zero-order valence-electron chi connectivity index (χ0n) is 72.3. The number of nitrogens with zero attached hydrogens (tertiary/aromatic N) is 12. The summed E-state index contributed by atoms with van der Waals surface area (Å²) in [6.07, 6.45) is 16.8. The number of alkyl halides is 3. The molecule has 139 heavy (non-hydrogen) atoms. The van der Waals surface area contributed by atoms with Crippen molar-refractivity contribution in [2.75, 3.05) is 39.0 Å². The second-order valence-corrected chi connectivity index (χ2v) is 31.8. The Kier molecular flexibility index (Phi) is 27.9. The van der Waals surface area contributed by atoms with Crippen LogP contribution in [0.2, 0.25) is 0 Å². The van der Waals surface area contributed by atoms with E-state index in [2.05, 4.69) is 61.8 Å². The van der Waals surface area contributed by atoms with Gasteiger partial charge in [0, 0.05) is 175 Å². The second kappa shape index (κ2) is 40.9. The van der Waals surface area contributed by atoms with Gasteiger partial charge < -0.3 is 41.7 Å². The highest BCUT2D eigenvalue weighted by Gasteiger charge is 2.35. The number of amides is 6. The third-order valence-electron chi connectivity index (χ3n) is 22.7. The maximum absolute atomic E-state index is 13.5. The molecule has 6 aromatic heterocycles. The summed E-state index contributed by atoms with van der Waals surface area (Å²) < 4.78 is 70.3. The van der Waals surface area contributed by atoms with Crippen molar-refractivity contribution >= 4 is 114 Å². The van der Waals surface area contributed by atoms with Gasteiger partial charge in [0.25, 0.3) is 34.1 Å². The van der Waals surface area contributed by atoms with Crippen molar-refractivity contribution in [3.8, 4) is 89.4 Å². The second-order valence-electron chi connectivity index (χ2n) is 31.8. The zero-order valence-corrected chi connectivity index (χ0v) is 72.3. The van der Waals surface area contributed by atoms with Crippen LogP contribution in [0.3, 0.4) is 0 Å². The summed E-state index contributed by atoms with van der Waals surface area (Å²) in [5, 5.41) is 94.7. The van der Waals surface area contributed by atoms with Crippen molar-refractivity contribution in [3.63, 3.8) is 0 Å². The molecule has 6 aliphatic heterocycles. The number of aryl methyl sites for hydroxylation is 6. The van der Waals surface area contributed by atoms with Crippen LogP contribution in [0.4, 0.5) is 90.2 Å². The van der Waals surface area contributed by atoms with E-state index in [4.69, 9.17) is 4.74 Å². The lowest BCUT2D eigenvalue weighted by Gasteiger charge is -2.18. The first-order chi connectivity index (χ1) is 66.6. The molecule has 7 N–H and O–H groups in total. The van der Waals surface area contributed by atoms with E-state index >= 15 is 0 Å². The van der Waals surface area contributed by atoms with Crippen LogP contribution in [0.15, 0.2) is 226 Å². The maximum Gasteiger partial charge on any atom is 0.417 e. The molecule has 0 saturated carbocycles. The van der Waals surface area contributed by atoms with Crippen molar-refractivity contribution in [1.29, 1.82) is 0 Å². The smallest absolute Gasteiger partial charge is 0.417 e. The molecule has 0 atom stereocenters. The number of carbonyl (C=O) groups is 6. The number of rotatable bonds is 14. The highest BCUT2D eigenvalue weighted by atomic mass is 19.4. The Morgan fingerprint density at radius 2 is 0.612 bits per heavy atom. The average Bonchev–Trinajstić information content (AvgIpc) is 0.796. The monoisotopic (exact) mass is 1890 g/mol. The number of nitrogens with one attached hydrogen (secondary N) is 6. The first kappa shape index (κ1) is 95.0. The molecule has 14 aromatic rings. The summed E-state index contributed by atoms with van der Waals surface area (Å²) in [5.74, 6) is -1.72. The van der Waals surface area contributed by atoms with Gasteiger partial charge in [0.15, 0.2) is 0 Å². The molecular weight excluding hydrogens is 1820 g/mol. The Balaban J connectivity index is 0.000000127. The quantitative estimate of drug-likeness (QED) is 0.0302. The van der Waals surface area contributed by atoms with Gasteiger partial charge in [-0.2, -0.15) is 13.2 Å². The molecule has 12 heterocycles. The number of fused-ring (bicyclic) bond motifs is 7. The average molecular weight is 1890 g/mol. The number of methoxy groups -OCH3 is 1. The number of pyridine rings is 6. The first-order valence-corrected chi connectivity index (χ1v) is 42.1. The Morgan fingerprint density at radius 1 is 0.302 bits per heavy atom. The number of nitro groups is 6. The van der Waals surface area contributed by atoms with Crippen LogP contribution in [0.25, 0.3) is 88.7 Å². The fourth-order valence-corrected chi connectivity index (χ4v) is 16.1. The molecule has 0 unspecified atom stereocenters. The fraction of sp³-hybridized carbons (Fsp3) is 0.146. The standard InChI is InChI=1S/C20H14FN3O3.C18H13N3O3.C15H10F3N3O3.C15H13N3O4.C14H10FN3O3.C14H11N3O4/c21-17-3-1-2-12(8-17)15-7-16(11-22-10-15)14-6-13-4-5-19(25)23-20(13)18(9-14)24(26)27;22-17-6-5-11-7-13(8-16(21(23)24)18(11)20-17)15-10-19-9-12-3-1-2-4-14(12)15;16-15(17,18)11-4-10(6-19-7-11)9-3-8-1-2-13(22)20-14(8)12(5-9)21(23)24;1-22-12-5-11(7-16-8-12)10-4-9-2-3-14(19)17-15(9)13(6-10)18(20)21;15-11-4-10(6-16-7-11)9-3-8-1-2-13(19)17-14(8)12(5-9)18(20)21;18-11-4-10(6-15-7-11)9-3-8-1-2-13(19)16-14(8)12(5-9)17(20)21/h1-3,6-11H,4-5H2,(H,23,25);1-4,7-10H,5-6H2,(H,20,22);3-7H,1-2H2,(H,20,22);4-8H,2-3H2,1H3,(H,17,19);3-7H,1-2H2,(H,17,19);3-7,18H,1-2H2,(H,16,19). The van der Waals surface area contributed by atoms with Crippen molar-refractivity contribution < 1.29 is 90.1 Å². The Hall–Kier alpha value is -18.6. The van der Waals surface area contributed by atoms with Gasteiger partial charge in [-0.15, -0.1) is 0 Å². The largest absolute Gasteiger partial charge is 0.506 e. The Bertz CT molecular complexity index is 7320. The van der Waals surface area contributed by atoms with E-state index in [9.17, 15) is 117 Å². The molecule has 43 heteroatoms. The fourth-order valence-electron chi connectivity index (χ4n) is 16.1. The molecule has 6 aliphatic rings. The van der Waals surface area contributed by atoms with Gasteiger partial charge >= 0.3 is 6.18 Å². The van der Waals surface area contributed by atoms with Gasteiger partial charge in [-0.05, 0) is 195 Å². The van der Waals surface area contributed by atoms with E-state index in [-0.39, 0.29) is 141 Å². The van der Waals surface area contributed by atoms with Crippen LogP contribution in [0.1, 0.15) is 77.5 Å². The summed E-state index contributed by atoms with van der Waals surface area (Å²) in [6.45, 7) is 0. The number of nitro benzene ring substituents is 6. The van der Waals surface area contributed by atoms with Crippen LogP contribution in [0.5, 0.6) is 11.5 Å². The molecule has 0 saturated heterocycles. The van der Waals surface area contributed by atoms with Crippen LogP contribution in [0, 0.1) is 72.3 Å². The lowest BCUT2D eigenvalue weighted by Crippen LogP contribution is -2.20. The van der Waals surface area contributed by atoms with Gasteiger partial charge in [0.2, 0.25) is 35.4 Å². The van der Waals surface area contributed by atoms with Crippen LogP contribution < -0.4 is 36.6 Å². The number of hydrogen-bond acceptors (Lipinski definition) is 26. The Labute approximate surface area is 779 Å². The van der Waals surface area contributed by atoms with E-state index in [0.29, 0.717) is 141 Å². The Morgan fingerprint density at radius 3 is 0.978 bits per heavy atom. The molecular formula is C96H71F5N18O20. The van der Waals surface area contributed by atoms with Crippen LogP contribution in [-0.4, -0.2) is 107 Å². The number of aromatic nitrogens is 6. The third-order valence-corrected chi connectivity index (χ3v) is 22.7. The minimum Gasteiger partial charge on any atom is -0.506 e. The van der Waals surface area contributed by atoms with E-state index < -0.39 is 47.1 Å². The summed E-state index contributed by atoms with van der Waals surface area (Å²) in [5.41, 5.74) is 11.8. The predicted octanol–water partition coefficient (Wildman–Crippen LogP) is 19.1. The maximum atomic E-state index is 13.5. The molecule has 700 valence electrons. The summed E-state index contributed by atoms with van der Waals surface area (Å²) in [4.78, 5) is 157. The van der Waals surface area contributed by atoms with E-state index in [1.54, 1.807) is 73.6 Å². The highest BCUT2D eigenvalue weighted by Crippen LogP contribution is 2.46. The van der Waals surface area contributed by atoms with E-state index in [0.717, 1.165) is 62.5 Å². The number of halogens is 5. The van der Waals surface area contributed by atoms with Gasteiger partial charge in [0.1, 0.15) is 57.3 Å². The highest BCUT2D eigenvalue weighted by molar-refractivity contribution is 6.04. The number of carbonyl (C=O) groups excluding carboxylic acids is 6. The normalized spacial score (nSPS) is 13.4. The molecule has 38 nitrogen and oxygen atoms in total. The van der Waals surface area contributed by atoms with Crippen molar-refractivity contribution in [2.45, 2.75) is 83.2 Å². The van der Waals surface area contributed by atoms with Crippen LogP contribution in [-0.2, 0) is 73.5 Å². The van der Waals surface area contributed by atoms with Gasteiger partial charge in [0.05, 0.1) is 60.8 Å². The number of benzene rings is 8. The van der Waals surface area contributed by atoms with Crippen LogP contribution >= 0.6 is 0 Å². The van der Waals surface area contributed by atoms with Gasteiger partial charge in [-0.1, -0.05) is 36.4 Å². The molecule has 0 spiro atoms. The zero-order chi connectivity index (χ0) is 98.8. The third kappa shape index (κ3) is 22.2. The lowest BCUT2D eigenvalue weighted by atomic mass is 9.94. The summed E-state index contributed by atoms with van der Waals surface area (Å²) >= 11 is 0. The lowest BCUT2D eigenvalue weighted by molar-refractivity contribution is -0.384. The van der Waals surface area contributed by atoms with Crippen molar-refractivity contribution in [2.24, 2.45) is 0 Å². The molecule has 6 amide bonds. The minimum atomic E-state index is -4.56. The molecule has 20 rings (SSSR count). The molecule has 0 aliphatic carbocycles. The molecule has 0 fully saturated rings. The summed E-state index contributed by atoms with van der Waals surface area (Å²) in [6, 6.07) is 40.0. The van der Waals surface area contributed by atoms with Crippen molar-refractivity contribution in [3.05, 3.63) is 337 Å². The number of ether oxygens (including phenoxy) is 1. The van der Waals surface area contributed by atoms with E-state index in [1.807, 2.05) is 48.5 Å². The number of aromatic hydroxyl groups is 1. The molecule has 0 bridgehead atoms. The van der Waals surface area contributed by atoms with Crippen molar-refractivity contribution in [1.82, 2.24) is 29.9 Å². The predicted molar refractivity (Wildman–Crippen MR) is 496 cm³/mol. The molecule has 8 aromatic carbocycles. The van der Waals surface area contributed by atoms with E-state index in [1.165, 1.54) is 86.5 Å². The van der Waals surface area contributed by atoms with Gasteiger partial charge in [-0.25, -0.2) is 8.78 Å². The topological polar surface area (TPSA) is 540 Å². The number of hydrogen-bond donors (Lipinski definition) is 7. The number of anilines is 6.